The summed E-state index contributed by atoms with van der Waals surface area (Å²) in [5.41, 5.74) is 9.44. The third kappa shape index (κ3) is 4.16. The number of carbonyl (C=O) groups excluding carboxylic acids is 1. The van der Waals surface area contributed by atoms with Gasteiger partial charge in [-0.15, -0.1) is 0 Å². The molecule has 1 saturated carbocycles. The number of benzene rings is 1. The van der Waals surface area contributed by atoms with Gasteiger partial charge in [-0.25, -0.2) is 4.79 Å². The highest BCUT2D eigenvalue weighted by Crippen LogP contribution is 2.46. The number of nitrogens with zero attached hydrogens (tertiary/aromatic N) is 1. The maximum atomic E-state index is 12.6. The molecule has 3 atom stereocenters. The van der Waals surface area contributed by atoms with Crippen molar-refractivity contribution in [2.45, 2.75) is 83.6 Å². The standard InChI is InChI=1S/C23H36N2O2/c1-4-13-25(14-5-2)22(26)27-19-11-10-17-15-18-9-7-6-8-12-23(3,21(18)24)20(17)16-19/h10-11,16,18,21H,4-9,12-15,24H2,1-3H3/t18?,21-,23+/m0/s1. The van der Waals surface area contributed by atoms with Crippen LogP contribution in [0.1, 0.15) is 76.8 Å². The molecule has 1 unspecified atom stereocenters. The predicted octanol–water partition coefficient (Wildman–Crippen LogP) is 5.03. The molecule has 0 heterocycles. The Morgan fingerprint density at radius 1 is 1.22 bits per heavy atom. The van der Waals surface area contributed by atoms with E-state index < -0.39 is 0 Å². The van der Waals surface area contributed by atoms with Crippen molar-refractivity contribution in [1.82, 2.24) is 4.90 Å². The molecule has 2 aliphatic rings. The fourth-order valence-corrected chi connectivity index (χ4v) is 5.10. The van der Waals surface area contributed by atoms with E-state index in [2.05, 4.69) is 32.9 Å². The second kappa shape index (κ2) is 8.64. The van der Waals surface area contributed by atoms with Crippen molar-refractivity contribution in [2.24, 2.45) is 11.7 Å². The van der Waals surface area contributed by atoms with E-state index in [0.717, 1.165) is 38.8 Å². The Bertz CT molecular complexity index is 654. The number of carbonyl (C=O) groups is 1. The monoisotopic (exact) mass is 372 g/mol. The molecule has 2 aliphatic carbocycles. The number of rotatable bonds is 5. The van der Waals surface area contributed by atoms with Gasteiger partial charge in [0.2, 0.25) is 0 Å². The average molecular weight is 373 g/mol. The van der Waals surface area contributed by atoms with E-state index in [-0.39, 0.29) is 17.6 Å². The Morgan fingerprint density at radius 2 is 1.96 bits per heavy atom. The largest absolute Gasteiger partial charge is 0.415 e. The van der Waals surface area contributed by atoms with Crippen molar-refractivity contribution in [3.05, 3.63) is 29.3 Å². The third-order valence-electron chi connectivity index (χ3n) is 6.64. The minimum absolute atomic E-state index is 0.0202. The van der Waals surface area contributed by atoms with Crippen LogP contribution in [-0.4, -0.2) is 30.1 Å². The van der Waals surface area contributed by atoms with Gasteiger partial charge in [-0.05, 0) is 61.3 Å². The average Bonchev–Trinajstić information content (AvgIpc) is 2.65. The van der Waals surface area contributed by atoms with Crippen LogP contribution in [0.25, 0.3) is 0 Å². The molecule has 27 heavy (non-hydrogen) atoms. The number of hydrogen-bond acceptors (Lipinski definition) is 3. The Morgan fingerprint density at radius 3 is 2.67 bits per heavy atom. The SMILES string of the molecule is CCCN(CCC)C(=O)Oc1ccc2c(c1)[C@@]1(C)CCCCCC(C2)[C@@H]1N. The molecule has 0 radical (unpaired) electrons. The molecule has 4 heteroatoms. The van der Waals surface area contributed by atoms with Crippen LogP contribution in [-0.2, 0) is 11.8 Å². The molecule has 0 saturated heterocycles. The minimum atomic E-state index is -0.237. The number of amides is 1. The summed E-state index contributed by atoms with van der Waals surface area (Å²) in [6.45, 7) is 7.97. The summed E-state index contributed by atoms with van der Waals surface area (Å²) in [4.78, 5) is 14.4. The van der Waals surface area contributed by atoms with Gasteiger partial charge in [0, 0.05) is 24.5 Å². The lowest BCUT2D eigenvalue weighted by Gasteiger charge is -2.47. The zero-order chi connectivity index (χ0) is 19.4. The fraction of sp³-hybridized carbons (Fsp3) is 0.696. The van der Waals surface area contributed by atoms with Gasteiger partial charge in [-0.3, -0.25) is 0 Å². The second-order valence-electron chi connectivity index (χ2n) is 8.68. The van der Waals surface area contributed by atoms with Gasteiger partial charge < -0.3 is 15.4 Å². The van der Waals surface area contributed by atoms with Gasteiger partial charge in [0.15, 0.2) is 0 Å². The maximum absolute atomic E-state index is 12.6. The summed E-state index contributed by atoms with van der Waals surface area (Å²) in [6.07, 6.45) is 8.86. The van der Waals surface area contributed by atoms with E-state index >= 15 is 0 Å². The van der Waals surface area contributed by atoms with E-state index in [0.29, 0.717) is 11.7 Å². The molecule has 4 nitrogen and oxygen atoms in total. The van der Waals surface area contributed by atoms with Crippen molar-refractivity contribution in [3.8, 4) is 5.75 Å². The van der Waals surface area contributed by atoms with Gasteiger partial charge in [0.25, 0.3) is 0 Å². The van der Waals surface area contributed by atoms with Crippen LogP contribution in [0.15, 0.2) is 18.2 Å². The van der Waals surface area contributed by atoms with Gasteiger partial charge in [0.1, 0.15) is 5.75 Å². The quantitative estimate of drug-likeness (QED) is 0.789. The summed E-state index contributed by atoms with van der Waals surface area (Å²) in [6, 6.07) is 6.42. The number of fused-ring (bicyclic) bond motifs is 4. The molecule has 1 fully saturated rings. The van der Waals surface area contributed by atoms with Crippen LogP contribution < -0.4 is 10.5 Å². The molecule has 2 N–H and O–H groups in total. The van der Waals surface area contributed by atoms with E-state index in [1.165, 1.54) is 36.8 Å². The van der Waals surface area contributed by atoms with Crippen molar-refractivity contribution in [2.75, 3.05) is 13.1 Å². The van der Waals surface area contributed by atoms with Crippen molar-refractivity contribution in [1.29, 1.82) is 0 Å². The van der Waals surface area contributed by atoms with Crippen LogP contribution >= 0.6 is 0 Å². The van der Waals surface area contributed by atoms with E-state index in [4.69, 9.17) is 10.5 Å². The van der Waals surface area contributed by atoms with Crippen LogP contribution in [0.5, 0.6) is 5.75 Å². The molecule has 150 valence electrons. The van der Waals surface area contributed by atoms with Gasteiger partial charge in [-0.1, -0.05) is 46.1 Å². The number of nitrogens with two attached hydrogens (primary N) is 1. The first kappa shape index (κ1) is 20.2. The Balaban J connectivity index is 1.85. The molecule has 0 aromatic heterocycles. The van der Waals surface area contributed by atoms with E-state index in [1.54, 1.807) is 4.90 Å². The van der Waals surface area contributed by atoms with Crippen molar-refractivity contribution in [3.63, 3.8) is 0 Å². The lowest BCUT2D eigenvalue weighted by Crippen LogP contribution is -2.52. The third-order valence-corrected chi connectivity index (χ3v) is 6.64. The van der Waals surface area contributed by atoms with Crippen molar-refractivity contribution >= 4 is 6.09 Å². The van der Waals surface area contributed by atoms with Gasteiger partial charge in [-0.2, -0.15) is 0 Å². The normalized spacial score (nSPS) is 27.3. The number of hydrogen-bond donors (Lipinski definition) is 1. The van der Waals surface area contributed by atoms with E-state index in [9.17, 15) is 4.79 Å². The lowest BCUT2D eigenvalue weighted by atomic mass is 9.60. The molecular formula is C23H36N2O2. The summed E-state index contributed by atoms with van der Waals surface area (Å²) in [7, 11) is 0. The topological polar surface area (TPSA) is 55.6 Å². The summed E-state index contributed by atoms with van der Waals surface area (Å²) < 4.78 is 5.77. The maximum Gasteiger partial charge on any atom is 0.415 e. The van der Waals surface area contributed by atoms with Gasteiger partial charge in [0.05, 0.1) is 0 Å². The Kier molecular flexibility index (Phi) is 6.46. The highest BCUT2D eigenvalue weighted by Gasteiger charge is 2.43. The Labute approximate surface area is 164 Å². The lowest BCUT2D eigenvalue weighted by molar-refractivity contribution is 0.151. The second-order valence-corrected chi connectivity index (χ2v) is 8.68. The van der Waals surface area contributed by atoms with Crippen LogP contribution in [0, 0.1) is 5.92 Å². The molecule has 0 aliphatic heterocycles. The first-order valence-corrected chi connectivity index (χ1v) is 10.8. The molecule has 1 aromatic rings. The highest BCUT2D eigenvalue weighted by atomic mass is 16.6. The van der Waals surface area contributed by atoms with Crippen LogP contribution in [0.4, 0.5) is 4.79 Å². The van der Waals surface area contributed by atoms with E-state index in [1.807, 2.05) is 6.07 Å². The summed E-state index contributed by atoms with van der Waals surface area (Å²) in [5, 5.41) is 0. The molecule has 0 spiro atoms. The van der Waals surface area contributed by atoms with Crippen molar-refractivity contribution < 1.29 is 9.53 Å². The van der Waals surface area contributed by atoms with Gasteiger partial charge >= 0.3 is 6.09 Å². The predicted molar refractivity (Wildman–Crippen MR) is 110 cm³/mol. The summed E-state index contributed by atoms with van der Waals surface area (Å²) >= 11 is 0. The fourth-order valence-electron chi connectivity index (χ4n) is 5.10. The molecule has 1 aromatic carbocycles. The highest BCUT2D eigenvalue weighted by molar-refractivity contribution is 5.71. The zero-order valence-electron chi connectivity index (χ0n) is 17.3. The molecular weight excluding hydrogens is 336 g/mol. The molecule has 1 amide bonds. The molecule has 2 bridgehead atoms. The minimum Gasteiger partial charge on any atom is -0.410 e. The van der Waals surface area contributed by atoms with Crippen LogP contribution in [0.3, 0.4) is 0 Å². The van der Waals surface area contributed by atoms with Crippen LogP contribution in [0.2, 0.25) is 0 Å². The first-order valence-electron chi connectivity index (χ1n) is 10.8. The molecule has 3 rings (SSSR count). The number of ether oxygens (including phenoxy) is 1. The zero-order valence-corrected chi connectivity index (χ0v) is 17.3. The first-order chi connectivity index (χ1) is 13.0. The smallest absolute Gasteiger partial charge is 0.410 e. The summed E-state index contributed by atoms with van der Waals surface area (Å²) in [5.74, 6) is 1.23. The Hall–Kier alpha value is -1.55.